The first kappa shape index (κ1) is 14.7. The van der Waals surface area contributed by atoms with Crippen LogP contribution in [0.3, 0.4) is 0 Å². The second-order valence-corrected chi connectivity index (χ2v) is 4.79. The van der Waals surface area contributed by atoms with Gasteiger partial charge in [0.1, 0.15) is 28.3 Å². The van der Waals surface area contributed by atoms with E-state index in [-0.39, 0.29) is 10.8 Å². The normalized spacial score (nSPS) is 10.7. The maximum Gasteiger partial charge on any atom is 0.152 e. The molecule has 0 atom stereocenters. The van der Waals surface area contributed by atoms with Gasteiger partial charge in [-0.1, -0.05) is 24.6 Å². The molecule has 0 saturated carbocycles. The summed E-state index contributed by atoms with van der Waals surface area (Å²) in [5.74, 6) is -0.501. The zero-order valence-electron chi connectivity index (χ0n) is 11.4. The standard InChI is InChI=1S/C14H14ClF2N3/c1-4-10-18-13(15)8(3)14(19-10)20-12-9(16)6-5-7(2)11(12)17/h5-6H,4H2,1-3H3,(H,18,19,20). The maximum atomic E-state index is 14.0. The zero-order chi connectivity index (χ0) is 14.9. The smallest absolute Gasteiger partial charge is 0.152 e. The number of hydrogen-bond acceptors (Lipinski definition) is 3. The Morgan fingerprint density at radius 1 is 1.20 bits per heavy atom. The van der Waals surface area contributed by atoms with Gasteiger partial charge in [-0.3, -0.25) is 0 Å². The van der Waals surface area contributed by atoms with Gasteiger partial charge in [0, 0.05) is 12.0 Å². The molecule has 106 valence electrons. The summed E-state index contributed by atoms with van der Waals surface area (Å²) in [5.41, 5.74) is 0.663. The second-order valence-electron chi connectivity index (χ2n) is 4.44. The first-order valence-corrected chi connectivity index (χ1v) is 6.56. The van der Waals surface area contributed by atoms with Crippen molar-refractivity contribution in [2.75, 3.05) is 5.32 Å². The number of hydrogen-bond donors (Lipinski definition) is 1. The second kappa shape index (κ2) is 5.71. The van der Waals surface area contributed by atoms with Gasteiger partial charge in [0.2, 0.25) is 0 Å². The van der Waals surface area contributed by atoms with Gasteiger partial charge in [-0.05, 0) is 25.5 Å². The molecular formula is C14H14ClF2N3. The van der Waals surface area contributed by atoms with Gasteiger partial charge < -0.3 is 5.32 Å². The third kappa shape index (κ3) is 2.72. The molecule has 3 nitrogen and oxygen atoms in total. The average molecular weight is 298 g/mol. The van der Waals surface area contributed by atoms with Crippen molar-refractivity contribution >= 4 is 23.1 Å². The molecule has 0 aliphatic carbocycles. The summed E-state index contributed by atoms with van der Waals surface area (Å²) < 4.78 is 27.7. The third-order valence-corrected chi connectivity index (χ3v) is 3.34. The van der Waals surface area contributed by atoms with Crippen LogP contribution in [-0.2, 0) is 6.42 Å². The van der Waals surface area contributed by atoms with Crippen molar-refractivity contribution in [2.24, 2.45) is 0 Å². The zero-order valence-corrected chi connectivity index (χ0v) is 12.1. The summed E-state index contributed by atoms with van der Waals surface area (Å²) in [6.45, 7) is 5.13. The van der Waals surface area contributed by atoms with Gasteiger partial charge in [-0.25, -0.2) is 18.7 Å². The van der Waals surface area contributed by atoms with Crippen molar-refractivity contribution in [3.8, 4) is 0 Å². The van der Waals surface area contributed by atoms with Crippen LogP contribution < -0.4 is 5.32 Å². The third-order valence-electron chi connectivity index (χ3n) is 2.98. The molecule has 0 spiro atoms. The van der Waals surface area contributed by atoms with E-state index in [9.17, 15) is 8.78 Å². The van der Waals surface area contributed by atoms with Gasteiger partial charge in [-0.15, -0.1) is 0 Å². The van der Waals surface area contributed by atoms with Crippen molar-refractivity contribution in [3.63, 3.8) is 0 Å². The molecule has 6 heteroatoms. The topological polar surface area (TPSA) is 37.8 Å². The van der Waals surface area contributed by atoms with E-state index in [1.54, 1.807) is 13.8 Å². The minimum Gasteiger partial charge on any atom is -0.335 e. The molecule has 0 fully saturated rings. The fourth-order valence-corrected chi connectivity index (χ4v) is 1.89. The van der Waals surface area contributed by atoms with E-state index in [0.717, 1.165) is 0 Å². The molecule has 0 saturated heterocycles. The molecule has 20 heavy (non-hydrogen) atoms. The van der Waals surface area contributed by atoms with Gasteiger partial charge >= 0.3 is 0 Å². The van der Waals surface area contributed by atoms with Crippen molar-refractivity contribution < 1.29 is 8.78 Å². The lowest BCUT2D eigenvalue weighted by Crippen LogP contribution is -2.06. The first-order chi connectivity index (χ1) is 9.43. The van der Waals surface area contributed by atoms with Crippen LogP contribution in [0.2, 0.25) is 5.15 Å². The number of nitrogens with one attached hydrogen (secondary N) is 1. The van der Waals surface area contributed by atoms with Crippen LogP contribution in [-0.4, -0.2) is 9.97 Å². The summed E-state index contributed by atoms with van der Waals surface area (Å²) in [7, 11) is 0. The molecule has 1 heterocycles. The van der Waals surface area contributed by atoms with E-state index in [2.05, 4.69) is 15.3 Å². The van der Waals surface area contributed by atoms with Crippen molar-refractivity contribution in [3.05, 3.63) is 45.9 Å². The van der Waals surface area contributed by atoms with E-state index in [1.165, 1.54) is 12.1 Å². The number of rotatable bonds is 3. The minimum atomic E-state index is -0.680. The molecular weight excluding hydrogens is 284 g/mol. The fraction of sp³-hybridized carbons (Fsp3) is 0.286. The molecule has 1 aromatic carbocycles. The van der Waals surface area contributed by atoms with E-state index in [0.29, 0.717) is 29.2 Å². The molecule has 1 aromatic heterocycles. The quantitative estimate of drug-likeness (QED) is 0.857. The summed E-state index contributed by atoms with van der Waals surface area (Å²) in [4.78, 5) is 8.30. The van der Waals surface area contributed by atoms with Crippen molar-refractivity contribution in [1.29, 1.82) is 0 Å². The highest BCUT2D eigenvalue weighted by molar-refractivity contribution is 6.30. The van der Waals surface area contributed by atoms with E-state index in [4.69, 9.17) is 11.6 Å². The summed E-state index contributed by atoms with van der Waals surface area (Å²) in [6, 6.07) is 2.59. The highest BCUT2D eigenvalue weighted by atomic mass is 35.5. The molecule has 1 N–H and O–H groups in total. The highest BCUT2D eigenvalue weighted by Crippen LogP contribution is 2.28. The summed E-state index contributed by atoms with van der Waals surface area (Å²) in [5, 5.41) is 2.95. The SMILES string of the molecule is CCc1nc(Cl)c(C)c(Nc2c(F)ccc(C)c2F)n1. The molecule has 0 aliphatic rings. The Hall–Kier alpha value is -1.75. The Labute approximate surface area is 121 Å². The highest BCUT2D eigenvalue weighted by Gasteiger charge is 2.15. The number of aromatic nitrogens is 2. The Balaban J connectivity index is 2.50. The molecule has 0 amide bonds. The molecule has 0 aliphatic heterocycles. The summed E-state index contributed by atoms with van der Waals surface area (Å²) in [6.07, 6.45) is 0.577. The molecule has 0 bridgehead atoms. The maximum absolute atomic E-state index is 14.0. The van der Waals surface area contributed by atoms with Crippen LogP contribution in [0, 0.1) is 25.5 Å². The number of aryl methyl sites for hydroxylation is 2. The molecule has 0 unspecified atom stereocenters. The number of halogens is 3. The monoisotopic (exact) mass is 297 g/mol. The van der Waals surface area contributed by atoms with Crippen LogP contribution in [0.4, 0.5) is 20.3 Å². The van der Waals surface area contributed by atoms with Crippen LogP contribution >= 0.6 is 11.6 Å². The average Bonchev–Trinajstić information content (AvgIpc) is 2.43. The van der Waals surface area contributed by atoms with Crippen molar-refractivity contribution in [1.82, 2.24) is 9.97 Å². The van der Waals surface area contributed by atoms with E-state index in [1.807, 2.05) is 6.92 Å². The lowest BCUT2D eigenvalue weighted by molar-refractivity contribution is 0.584. The lowest BCUT2D eigenvalue weighted by Gasteiger charge is -2.13. The molecule has 2 rings (SSSR count). The van der Waals surface area contributed by atoms with Gasteiger partial charge in [0.25, 0.3) is 0 Å². The van der Waals surface area contributed by atoms with Crippen LogP contribution in [0.5, 0.6) is 0 Å². The fourth-order valence-electron chi connectivity index (χ4n) is 1.70. The predicted molar refractivity (Wildman–Crippen MR) is 75.5 cm³/mol. The van der Waals surface area contributed by atoms with Crippen LogP contribution in [0.1, 0.15) is 23.9 Å². The minimum absolute atomic E-state index is 0.232. The number of anilines is 2. The predicted octanol–water partition coefficient (Wildman–Crippen LogP) is 4.33. The number of nitrogens with zero attached hydrogens (tertiary/aromatic N) is 2. The first-order valence-electron chi connectivity index (χ1n) is 6.18. The largest absolute Gasteiger partial charge is 0.335 e. The van der Waals surface area contributed by atoms with Gasteiger partial charge in [0.05, 0.1) is 0 Å². The Kier molecular flexibility index (Phi) is 4.18. The van der Waals surface area contributed by atoms with Crippen molar-refractivity contribution in [2.45, 2.75) is 27.2 Å². The Bertz CT molecular complexity index is 659. The van der Waals surface area contributed by atoms with Gasteiger partial charge in [-0.2, -0.15) is 0 Å². The Morgan fingerprint density at radius 2 is 1.90 bits per heavy atom. The lowest BCUT2D eigenvalue weighted by atomic mass is 10.2. The Morgan fingerprint density at radius 3 is 2.55 bits per heavy atom. The van der Waals surface area contributed by atoms with E-state index < -0.39 is 11.6 Å². The number of benzene rings is 1. The van der Waals surface area contributed by atoms with Gasteiger partial charge in [0.15, 0.2) is 5.82 Å². The van der Waals surface area contributed by atoms with Crippen LogP contribution in [0.25, 0.3) is 0 Å². The molecule has 2 aromatic rings. The van der Waals surface area contributed by atoms with E-state index >= 15 is 0 Å². The summed E-state index contributed by atoms with van der Waals surface area (Å²) >= 11 is 6.00. The van der Waals surface area contributed by atoms with Crippen LogP contribution in [0.15, 0.2) is 12.1 Å². The molecule has 0 radical (unpaired) electrons.